The summed E-state index contributed by atoms with van der Waals surface area (Å²) < 4.78 is 0. The summed E-state index contributed by atoms with van der Waals surface area (Å²) >= 11 is 0. The maximum Gasteiger partial charge on any atom is 0.169 e. The van der Waals surface area contributed by atoms with E-state index in [0.29, 0.717) is 0 Å². The number of nitrogens with zero attached hydrogens (tertiary/aromatic N) is 2. The van der Waals surface area contributed by atoms with E-state index in [1.165, 1.54) is 6.34 Å². The van der Waals surface area contributed by atoms with Gasteiger partial charge in [0, 0.05) is 14.1 Å². The van der Waals surface area contributed by atoms with E-state index in [4.69, 9.17) is 10.2 Å². The lowest BCUT2D eigenvalue weighted by Crippen LogP contribution is -2.14. The van der Waals surface area contributed by atoms with E-state index >= 15 is 0 Å². The van der Waals surface area contributed by atoms with Crippen LogP contribution in [0.15, 0.2) is 4.99 Å². The van der Waals surface area contributed by atoms with Crippen LogP contribution in [0.1, 0.15) is 0 Å². The average molecular weight is 132 g/mol. The number of rotatable bonds is 3. The predicted molar refractivity (Wildman–Crippen MR) is 35.3 cm³/mol. The third-order valence-electron chi connectivity index (χ3n) is 0.633. The van der Waals surface area contributed by atoms with Crippen LogP contribution < -0.4 is 0 Å². The van der Waals surface area contributed by atoms with Crippen molar-refractivity contribution < 1.29 is 10.2 Å². The number of aliphatic imine (C=N–C) groups is 1. The normalized spacial score (nSPS) is 14.2. The van der Waals surface area contributed by atoms with Gasteiger partial charge in [0.05, 0.1) is 12.9 Å². The highest BCUT2D eigenvalue weighted by Crippen LogP contribution is 1.79. The van der Waals surface area contributed by atoms with Gasteiger partial charge in [-0.3, -0.25) is 0 Å². The van der Waals surface area contributed by atoms with Crippen molar-refractivity contribution in [2.45, 2.75) is 6.23 Å². The van der Waals surface area contributed by atoms with Crippen LogP contribution in [0.5, 0.6) is 0 Å². The Morgan fingerprint density at radius 2 is 2.22 bits per heavy atom. The van der Waals surface area contributed by atoms with E-state index in [1.807, 2.05) is 0 Å². The molecule has 0 fully saturated rings. The second kappa shape index (κ2) is 4.29. The molecule has 0 saturated heterocycles. The fourth-order valence-corrected chi connectivity index (χ4v) is 0.257. The Bertz CT molecular complexity index is 93.0. The molecular weight excluding hydrogens is 120 g/mol. The molecule has 2 N–H and O–H groups in total. The Morgan fingerprint density at radius 3 is 2.56 bits per heavy atom. The lowest BCUT2D eigenvalue weighted by Gasteiger charge is -2.04. The van der Waals surface area contributed by atoms with E-state index in [-0.39, 0.29) is 6.61 Å². The molecule has 0 bridgehead atoms. The average Bonchev–Trinajstić information content (AvgIpc) is 1.83. The molecule has 0 unspecified atom stereocenters. The summed E-state index contributed by atoms with van der Waals surface area (Å²) in [6.07, 6.45) is 0.466. The molecule has 4 heteroatoms. The van der Waals surface area contributed by atoms with E-state index in [9.17, 15) is 0 Å². The summed E-state index contributed by atoms with van der Waals surface area (Å²) in [4.78, 5) is 5.23. The van der Waals surface area contributed by atoms with Crippen LogP contribution in [0, 0.1) is 0 Å². The standard InChI is InChI=1S/C5H12N2O2/c1-7(2)4-6-5(9)3-8/h4-5,8-9H,3H2,1-2H3/b6-4+/t5-/m1/s1. The first-order valence-corrected chi connectivity index (χ1v) is 2.65. The maximum atomic E-state index is 8.63. The summed E-state index contributed by atoms with van der Waals surface area (Å²) in [6.45, 7) is -0.329. The number of aliphatic hydroxyl groups is 2. The lowest BCUT2D eigenvalue weighted by atomic mass is 10.6. The van der Waals surface area contributed by atoms with Crippen LogP contribution in [-0.4, -0.2) is 48.4 Å². The predicted octanol–water partition coefficient (Wildman–Crippen LogP) is -1.11. The molecule has 0 aliphatic carbocycles. The molecule has 1 atom stereocenters. The second-order valence-electron chi connectivity index (χ2n) is 1.89. The first kappa shape index (κ1) is 8.39. The van der Waals surface area contributed by atoms with Crippen molar-refractivity contribution in [1.29, 1.82) is 0 Å². The zero-order valence-corrected chi connectivity index (χ0v) is 5.65. The number of aliphatic hydroxyl groups excluding tert-OH is 2. The van der Waals surface area contributed by atoms with Gasteiger partial charge in [0.15, 0.2) is 6.23 Å². The topological polar surface area (TPSA) is 56.1 Å². The summed E-state index contributed by atoms with van der Waals surface area (Å²) in [7, 11) is 3.57. The van der Waals surface area contributed by atoms with Gasteiger partial charge in [-0.2, -0.15) is 0 Å². The van der Waals surface area contributed by atoms with Crippen molar-refractivity contribution in [3.8, 4) is 0 Å². The van der Waals surface area contributed by atoms with Crippen molar-refractivity contribution in [2.75, 3.05) is 20.7 Å². The summed E-state index contributed by atoms with van der Waals surface area (Å²) in [5.41, 5.74) is 0. The molecule has 9 heavy (non-hydrogen) atoms. The van der Waals surface area contributed by atoms with Crippen molar-refractivity contribution >= 4 is 6.34 Å². The molecule has 0 saturated carbocycles. The highest BCUT2D eigenvalue weighted by Gasteiger charge is 1.92. The van der Waals surface area contributed by atoms with Gasteiger partial charge in [-0.05, 0) is 0 Å². The quantitative estimate of drug-likeness (QED) is 0.378. The molecule has 0 aromatic carbocycles. The number of hydrogen-bond donors (Lipinski definition) is 2. The van der Waals surface area contributed by atoms with E-state index in [1.54, 1.807) is 19.0 Å². The third-order valence-corrected chi connectivity index (χ3v) is 0.633. The molecule has 0 amide bonds. The summed E-state index contributed by atoms with van der Waals surface area (Å²) in [6, 6.07) is 0. The Kier molecular flexibility index (Phi) is 4.00. The number of hydrogen-bond acceptors (Lipinski definition) is 3. The highest BCUT2D eigenvalue weighted by atomic mass is 16.3. The van der Waals surface area contributed by atoms with Crippen molar-refractivity contribution in [2.24, 2.45) is 4.99 Å². The molecule has 0 aromatic heterocycles. The second-order valence-corrected chi connectivity index (χ2v) is 1.89. The summed E-state index contributed by atoms with van der Waals surface area (Å²) in [5, 5.41) is 16.9. The van der Waals surface area contributed by atoms with Crippen LogP contribution in [0.2, 0.25) is 0 Å². The first-order chi connectivity index (χ1) is 4.16. The maximum absolute atomic E-state index is 8.63. The van der Waals surface area contributed by atoms with Gasteiger partial charge in [0.25, 0.3) is 0 Å². The van der Waals surface area contributed by atoms with Gasteiger partial charge in [-0.15, -0.1) is 0 Å². The minimum Gasteiger partial charge on any atom is -0.392 e. The van der Waals surface area contributed by atoms with Gasteiger partial charge in [-0.1, -0.05) is 0 Å². The van der Waals surface area contributed by atoms with Gasteiger partial charge in [-0.25, -0.2) is 4.99 Å². The largest absolute Gasteiger partial charge is 0.392 e. The zero-order chi connectivity index (χ0) is 7.28. The van der Waals surface area contributed by atoms with Crippen molar-refractivity contribution in [3.05, 3.63) is 0 Å². The van der Waals surface area contributed by atoms with Crippen LogP contribution >= 0.6 is 0 Å². The molecule has 0 radical (unpaired) electrons. The minimum absolute atomic E-state index is 0.329. The lowest BCUT2D eigenvalue weighted by molar-refractivity contribution is 0.102. The molecule has 0 aliphatic heterocycles. The van der Waals surface area contributed by atoms with Gasteiger partial charge in [0.1, 0.15) is 0 Å². The first-order valence-electron chi connectivity index (χ1n) is 2.65. The molecule has 0 rings (SSSR count). The monoisotopic (exact) mass is 132 g/mol. The van der Waals surface area contributed by atoms with Gasteiger partial charge in [0.2, 0.25) is 0 Å². The SMILES string of the molecule is CN(C)/C=N/[C@H](O)CO. The van der Waals surface area contributed by atoms with E-state index in [2.05, 4.69) is 4.99 Å². The van der Waals surface area contributed by atoms with Crippen LogP contribution in [0.3, 0.4) is 0 Å². The Morgan fingerprint density at radius 1 is 1.67 bits per heavy atom. The van der Waals surface area contributed by atoms with Crippen LogP contribution in [0.25, 0.3) is 0 Å². The molecule has 4 nitrogen and oxygen atoms in total. The smallest absolute Gasteiger partial charge is 0.169 e. The molecule has 0 heterocycles. The molecular formula is C5H12N2O2. The molecule has 0 aliphatic rings. The Hall–Kier alpha value is -0.610. The van der Waals surface area contributed by atoms with Crippen molar-refractivity contribution in [1.82, 2.24) is 4.90 Å². The van der Waals surface area contributed by atoms with Gasteiger partial charge < -0.3 is 15.1 Å². The minimum atomic E-state index is -0.979. The Balaban J connectivity index is 3.43. The summed E-state index contributed by atoms with van der Waals surface area (Å²) in [5.74, 6) is 0. The molecule has 54 valence electrons. The van der Waals surface area contributed by atoms with Gasteiger partial charge >= 0.3 is 0 Å². The fourth-order valence-electron chi connectivity index (χ4n) is 0.257. The zero-order valence-electron chi connectivity index (χ0n) is 5.65. The third kappa shape index (κ3) is 5.26. The fraction of sp³-hybridized carbons (Fsp3) is 0.800. The Labute approximate surface area is 54.4 Å². The van der Waals surface area contributed by atoms with Crippen LogP contribution in [-0.2, 0) is 0 Å². The highest BCUT2D eigenvalue weighted by molar-refractivity contribution is 5.53. The van der Waals surface area contributed by atoms with Crippen molar-refractivity contribution in [3.63, 3.8) is 0 Å². The van der Waals surface area contributed by atoms with Crippen LogP contribution in [0.4, 0.5) is 0 Å². The molecule has 0 aromatic rings. The van der Waals surface area contributed by atoms with E-state index < -0.39 is 6.23 Å². The van der Waals surface area contributed by atoms with E-state index in [0.717, 1.165) is 0 Å². The molecule has 0 spiro atoms.